The molecule has 2 aromatic carbocycles. The summed E-state index contributed by atoms with van der Waals surface area (Å²) in [6.07, 6.45) is 1.41. The van der Waals surface area contributed by atoms with E-state index < -0.39 is 23.3 Å². The monoisotopic (exact) mass is 395 g/mol. The SMILES string of the molecule is COc1ccc(-c2nc(CN3C(=O)NC(C)(c4ccc(F)cc4)C3=O)co2)cc1. The number of ether oxygens (including phenoxy) is 1. The first kappa shape index (κ1) is 18.7. The maximum atomic E-state index is 13.2. The molecule has 29 heavy (non-hydrogen) atoms. The largest absolute Gasteiger partial charge is 0.497 e. The van der Waals surface area contributed by atoms with Crippen LogP contribution >= 0.6 is 0 Å². The number of nitrogens with zero attached hydrogens (tertiary/aromatic N) is 2. The highest BCUT2D eigenvalue weighted by atomic mass is 19.1. The molecule has 1 aliphatic rings. The van der Waals surface area contributed by atoms with Gasteiger partial charge in [0.1, 0.15) is 23.4 Å². The van der Waals surface area contributed by atoms with E-state index in [0.717, 1.165) is 10.5 Å². The van der Waals surface area contributed by atoms with Crippen molar-refractivity contribution in [1.82, 2.24) is 15.2 Å². The van der Waals surface area contributed by atoms with E-state index in [4.69, 9.17) is 9.15 Å². The lowest BCUT2D eigenvalue weighted by atomic mass is 9.92. The quantitative estimate of drug-likeness (QED) is 0.669. The fourth-order valence-electron chi connectivity index (χ4n) is 3.23. The van der Waals surface area contributed by atoms with Crippen molar-refractivity contribution in [2.45, 2.75) is 19.0 Å². The Labute approximate surface area is 166 Å². The smallest absolute Gasteiger partial charge is 0.325 e. The summed E-state index contributed by atoms with van der Waals surface area (Å²) in [5.41, 5.74) is 0.403. The molecular formula is C21H18FN3O4. The molecule has 0 radical (unpaired) electrons. The molecule has 1 aliphatic heterocycles. The molecule has 1 saturated heterocycles. The van der Waals surface area contributed by atoms with Gasteiger partial charge >= 0.3 is 6.03 Å². The van der Waals surface area contributed by atoms with Crippen LogP contribution in [-0.2, 0) is 16.9 Å². The van der Waals surface area contributed by atoms with Gasteiger partial charge in [0.25, 0.3) is 5.91 Å². The summed E-state index contributed by atoms with van der Waals surface area (Å²) >= 11 is 0. The third-order valence-electron chi connectivity index (χ3n) is 4.91. The number of hydrogen-bond donors (Lipinski definition) is 1. The van der Waals surface area contributed by atoms with E-state index in [1.165, 1.54) is 30.5 Å². The lowest BCUT2D eigenvalue weighted by Gasteiger charge is -2.22. The van der Waals surface area contributed by atoms with Crippen LogP contribution in [0.25, 0.3) is 11.5 Å². The Balaban J connectivity index is 1.54. The number of imide groups is 1. The van der Waals surface area contributed by atoms with Crippen molar-refractivity contribution in [3.8, 4) is 17.2 Å². The van der Waals surface area contributed by atoms with Crippen LogP contribution < -0.4 is 10.1 Å². The lowest BCUT2D eigenvalue weighted by molar-refractivity contribution is -0.131. The van der Waals surface area contributed by atoms with E-state index in [-0.39, 0.29) is 6.54 Å². The Hall–Kier alpha value is -3.68. The number of urea groups is 1. The van der Waals surface area contributed by atoms with Crippen molar-refractivity contribution in [3.05, 3.63) is 71.9 Å². The molecule has 1 unspecified atom stereocenters. The van der Waals surface area contributed by atoms with E-state index in [2.05, 4.69) is 10.3 Å². The van der Waals surface area contributed by atoms with Gasteiger partial charge in [-0.1, -0.05) is 12.1 Å². The number of rotatable bonds is 5. The number of benzene rings is 2. The molecule has 3 amide bonds. The number of halogens is 1. The molecule has 1 N–H and O–H groups in total. The van der Waals surface area contributed by atoms with Gasteiger partial charge in [0.15, 0.2) is 0 Å². The molecule has 148 valence electrons. The zero-order valence-electron chi connectivity index (χ0n) is 15.8. The summed E-state index contributed by atoms with van der Waals surface area (Å²) in [5, 5.41) is 2.68. The molecule has 0 saturated carbocycles. The van der Waals surface area contributed by atoms with E-state index in [9.17, 15) is 14.0 Å². The molecule has 0 spiro atoms. The van der Waals surface area contributed by atoms with Crippen LogP contribution in [-0.4, -0.2) is 28.9 Å². The molecule has 3 aromatic rings. The van der Waals surface area contributed by atoms with Gasteiger partial charge in [-0.05, 0) is 48.9 Å². The molecule has 4 rings (SSSR count). The number of hydrogen-bond acceptors (Lipinski definition) is 5. The summed E-state index contributed by atoms with van der Waals surface area (Å²) < 4.78 is 23.8. The molecule has 0 aliphatic carbocycles. The van der Waals surface area contributed by atoms with Gasteiger partial charge in [0, 0.05) is 5.56 Å². The number of aromatic nitrogens is 1. The van der Waals surface area contributed by atoms with Crippen molar-refractivity contribution in [2.24, 2.45) is 0 Å². The second-order valence-corrected chi connectivity index (χ2v) is 6.83. The first-order chi connectivity index (χ1) is 13.9. The number of nitrogens with one attached hydrogen (secondary N) is 1. The van der Waals surface area contributed by atoms with Gasteiger partial charge in [-0.25, -0.2) is 14.2 Å². The van der Waals surface area contributed by atoms with Gasteiger partial charge < -0.3 is 14.5 Å². The summed E-state index contributed by atoms with van der Waals surface area (Å²) in [5.74, 6) is 0.221. The Morgan fingerprint density at radius 3 is 2.48 bits per heavy atom. The van der Waals surface area contributed by atoms with E-state index in [1.807, 2.05) is 0 Å². The molecule has 8 heteroatoms. The minimum atomic E-state index is -1.27. The van der Waals surface area contributed by atoms with Crippen LogP contribution in [0.4, 0.5) is 9.18 Å². The molecule has 1 aromatic heterocycles. The molecule has 7 nitrogen and oxygen atoms in total. The molecule has 0 bridgehead atoms. The second-order valence-electron chi connectivity index (χ2n) is 6.83. The van der Waals surface area contributed by atoms with E-state index in [0.29, 0.717) is 22.9 Å². The Morgan fingerprint density at radius 2 is 1.83 bits per heavy atom. The van der Waals surface area contributed by atoms with Gasteiger partial charge in [-0.3, -0.25) is 9.69 Å². The summed E-state index contributed by atoms with van der Waals surface area (Å²) in [7, 11) is 1.58. The van der Waals surface area contributed by atoms with E-state index in [1.54, 1.807) is 38.3 Å². The van der Waals surface area contributed by atoms with Crippen LogP contribution in [0, 0.1) is 5.82 Å². The summed E-state index contributed by atoms with van der Waals surface area (Å²) in [6.45, 7) is 1.55. The maximum Gasteiger partial charge on any atom is 0.325 e. The van der Waals surface area contributed by atoms with Gasteiger partial charge in [0.05, 0.1) is 19.3 Å². The van der Waals surface area contributed by atoms with Crippen LogP contribution in [0.5, 0.6) is 5.75 Å². The predicted octanol–water partition coefficient (Wildman–Crippen LogP) is 3.46. The second kappa shape index (κ2) is 7.05. The predicted molar refractivity (Wildman–Crippen MR) is 101 cm³/mol. The average molecular weight is 395 g/mol. The van der Waals surface area contributed by atoms with Crippen LogP contribution in [0.2, 0.25) is 0 Å². The number of carbonyl (C=O) groups is 2. The normalized spacial score (nSPS) is 18.8. The lowest BCUT2D eigenvalue weighted by Crippen LogP contribution is -2.40. The summed E-state index contributed by atoms with van der Waals surface area (Å²) in [6, 6.07) is 12.1. The minimum Gasteiger partial charge on any atom is -0.497 e. The summed E-state index contributed by atoms with van der Waals surface area (Å²) in [4.78, 5) is 30.8. The first-order valence-corrected chi connectivity index (χ1v) is 8.90. The maximum absolute atomic E-state index is 13.2. The third kappa shape index (κ3) is 3.33. The van der Waals surface area contributed by atoms with Gasteiger partial charge in [-0.15, -0.1) is 0 Å². The highest BCUT2D eigenvalue weighted by Crippen LogP contribution is 2.30. The van der Waals surface area contributed by atoms with Crippen molar-refractivity contribution < 1.29 is 23.1 Å². The van der Waals surface area contributed by atoms with E-state index >= 15 is 0 Å². The van der Waals surface area contributed by atoms with Crippen LogP contribution in [0.15, 0.2) is 59.2 Å². The molecular weight excluding hydrogens is 377 g/mol. The molecule has 2 heterocycles. The van der Waals surface area contributed by atoms with Crippen LogP contribution in [0.1, 0.15) is 18.2 Å². The standard InChI is InChI=1S/C21H18FN3O4/c1-21(14-5-7-15(22)8-6-14)19(26)25(20(27)24-21)11-16-12-29-18(23-16)13-3-9-17(28-2)10-4-13/h3-10,12H,11H2,1-2H3,(H,24,27). The highest BCUT2D eigenvalue weighted by molar-refractivity contribution is 6.07. The topological polar surface area (TPSA) is 84.7 Å². The Morgan fingerprint density at radius 1 is 1.14 bits per heavy atom. The number of carbonyl (C=O) groups excluding carboxylic acids is 2. The fraction of sp³-hybridized carbons (Fsp3) is 0.190. The molecule has 1 atom stereocenters. The molecule has 1 fully saturated rings. The number of methoxy groups -OCH3 is 1. The fourth-order valence-corrected chi connectivity index (χ4v) is 3.23. The zero-order valence-corrected chi connectivity index (χ0v) is 15.8. The number of amides is 3. The average Bonchev–Trinajstić information content (AvgIpc) is 3.28. The van der Waals surface area contributed by atoms with Gasteiger partial charge in [-0.2, -0.15) is 0 Å². The van der Waals surface area contributed by atoms with Crippen molar-refractivity contribution in [2.75, 3.05) is 7.11 Å². The number of oxazole rings is 1. The minimum absolute atomic E-state index is 0.0406. The Bertz CT molecular complexity index is 1060. The van der Waals surface area contributed by atoms with Gasteiger partial charge in [0.2, 0.25) is 5.89 Å². The third-order valence-corrected chi connectivity index (χ3v) is 4.91. The Kier molecular flexibility index (Phi) is 4.54. The van der Waals surface area contributed by atoms with Crippen LogP contribution in [0.3, 0.4) is 0 Å². The zero-order chi connectivity index (χ0) is 20.6. The van der Waals surface area contributed by atoms with Crippen molar-refractivity contribution >= 4 is 11.9 Å². The first-order valence-electron chi connectivity index (χ1n) is 8.90. The highest BCUT2D eigenvalue weighted by Gasteiger charge is 2.49. The van der Waals surface area contributed by atoms with Crippen molar-refractivity contribution in [1.29, 1.82) is 0 Å². The van der Waals surface area contributed by atoms with Crippen molar-refractivity contribution in [3.63, 3.8) is 0 Å².